The van der Waals surface area contributed by atoms with Gasteiger partial charge in [-0.2, -0.15) is 0 Å². The van der Waals surface area contributed by atoms with Crippen LogP contribution in [0.2, 0.25) is 0 Å². The van der Waals surface area contributed by atoms with Gasteiger partial charge in [-0.1, -0.05) is 13.8 Å². The molecule has 0 fully saturated rings. The fourth-order valence-electron chi connectivity index (χ4n) is 1.92. The maximum atomic E-state index is 5.21. The molecule has 1 aromatic heterocycles. The number of hydrogen-bond acceptors (Lipinski definition) is 4. The molecular formula is C13H23N3O. The molecule has 0 aromatic carbocycles. The summed E-state index contributed by atoms with van der Waals surface area (Å²) in [7, 11) is 1.73. The summed E-state index contributed by atoms with van der Waals surface area (Å²) in [4.78, 5) is 8.87. The van der Waals surface area contributed by atoms with Crippen LogP contribution in [0.1, 0.15) is 31.1 Å². The van der Waals surface area contributed by atoms with Crippen molar-refractivity contribution >= 4 is 0 Å². The Balaban J connectivity index is 2.73. The second-order valence-electron chi connectivity index (χ2n) is 4.17. The highest BCUT2D eigenvalue weighted by molar-refractivity contribution is 5.12. The van der Waals surface area contributed by atoms with Gasteiger partial charge in [-0.3, -0.25) is 0 Å². The zero-order valence-corrected chi connectivity index (χ0v) is 11.3. The molecule has 0 radical (unpaired) electrons. The minimum Gasteiger partial charge on any atom is -0.383 e. The lowest BCUT2D eigenvalue weighted by Gasteiger charge is -2.16. The lowest BCUT2D eigenvalue weighted by atomic mass is 10.1. The molecule has 96 valence electrons. The maximum Gasteiger partial charge on any atom is 0.125 e. The van der Waals surface area contributed by atoms with Crippen LogP contribution >= 0.6 is 0 Å². The summed E-state index contributed by atoms with van der Waals surface area (Å²) >= 11 is 0. The third-order valence-electron chi connectivity index (χ3n) is 2.62. The molecule has 4 nitrogen and oxygen atoms in total. The zero-order valence-electron chi connectivity index (χ0n) is 11.3. The Kier molecular flexibility index (Phi) is 6.08. The molecule has 1 aromatic rings. The van der Waals surface area contributed by atoms with E-state index in [1.165, 1.54) is 0 Å². The van der Waals surface area contributed by atoms with E-state index in [9.17, 15) is 0 Å². The second kappa shape index (κ2) is 7.35. The van der Waals surface area contributed by atoms with E-state index in [0.29, 0.717) is 12.6 Å². The normalized spacial score (nSPS) is 12.7. The van der Waals surface area contributed by atoms with Crippen LogP contribution in [0.4, 0.5) is 0 Å². The number of methoxy groups -OCH3 is 1. The van der Waals surface area contributed by atoms with Gasteiger partial charge in [-0.15, -0.1) is 0 Å². The number of ether oxygens (including phenoxy) is 1. The van der Waals surface area contributed by atoms with Gasteiger partial charge in [-0.25, -0.2) is 9.97 Å². The van der Waals surface area contributed by atoms with Crippen LogP contribution < -0.4 is 5.32 Å². The second-order valence-corrected chi connectivity index (χ2v) is 4.17. The number of likely N-dealkylation sites (N-methyl/N-ethyl adjacent to an activating group) is 1. The van der Waals surface area contributed by atoms with E-state index < -0.39 is 0 Å². The summed E-state index contributed by atoms with van der Waals surface area (Å²) < 4.78 is 5.21. The van der Waals surface area contributed by atoms with E-state index >= 15 is 0 Å². The topological polar surface area (TPSA) is 47.0 Å². The summed E-state index contributed by atoms with van der Waals surface area (Å²) in [6, 6.07) is 2.41. The molecular weight excluding hydrogens is 214 g/mol. The Bertz CT molecular complexity index is 335. The highest BCUT2D eigenvalue weighted by Gasteiger charge is 2.10. The van der Waals surface area contributed by atoms with Gasteiger partial charge in [0.25, 0.3) is 0 Å². The number of rotatable bonds is 7. The minimum atomic E-state index is 0.323. The SMILES string of the molecule is CCNC(COC)Cc1cc(CC)nc(C)n1. The van der Waals surface area contributed by atoms with Crippen LogP contribution in [-0.4, -0.2) is 36.3 Å². The molecule has 0 aliphatic carbocycles. The zero-order chi connectivity index (χ0) is 12.7. The molecule has 0 saturated carbocycles. The predicted molar refractivity (Wildman–Crippen MR) is 69.2 cm³/mol. The minimum absolute atomic E-state index is 0.323. The Hall–Kier alpha value is -1.00. The lowest BCUT2D eigenvalue weighted by molar-refractivity contribution is 0.166. The molecule has 0 aliphatic heterocycles. The summed E-state index contributed by atoms with van der Waals surface area (Å²) in [5.41, 5.74) is 2.21. The molecule has 0 amide bonds. The first-order chi connectivity index (χ1) is 8.19. The highest BCUT2D eigenvalue weighted by atomic mass is 16.5. The fourth-order valence-corrected chi connectivity index (χ4v) is 1.92. The van der Waals surface area contributed by atoms with Crippen LogP contribution in [0.25, 0.3) is 0 Å². The molecule has 0 saturated heterocycles. The molecule has 0 bridgehead atoms. The van der Waals surface area contributed by atoms with Crippen molar-refractivity contribution < 1.29 is 4.74 Å². The average molecular weight is 237 g/mol. The summed E-state index contributed by atoms with van der Waals surface area (Å²) in [6.07, 6.45) is 1.84. The smallest absolute Gasteiger partial charge is 0.125 e. The van der Waals surface area contributed by atoms with Crippen molar-refractivity contribution in [1.82, 2.24) is 15.3 Å². The van der Waals surface area contributed by atoms with Crippen LogP contribution in [0.5, 0.6) is 0 Å². The van der Waals surface area contributed by atoms with E-state index in [-0.39, 0.29) is 0 Å². The number of nitrogens with zero attached hydrogens (tertiary/aromatic N) is 2. The first-order valence-corrected chi connectivity index (χ1v) is 6.25. The predicted octanol–water partition coefficient (Wildman–Crippen LogP) is 1.51. The van der Waals surface area contributed by atoms with Gasteiger partial charge < -0.3 is 10.1 Å². The Labute approximate surface area is 104 Å². The van der Waals surface area contributed by atoms with Crippen molar-refractivity contribution in [2.24, 2.45) is 0 Å². The van der Waals surface area contributed by atoms with E-state index in [1.807, 2.05) is 6.92 Å². The number of aryl methyl sites for hydroxylation is 2. The van der Waals surface area contributed by atoms with Gasteiger partial charge in [-0.05, 0) is 26.0 Å². The van der Waals surface area contributed by atoms with E-state index in [2.05, 4.69) is 35.2 Å². The van der Waals surface area contributed by atoms with Crippen molar-refractivity contribution in [2.75, 3.05) is 20.3 Å². The largest absolute Gasteiger partial charge is 0.383 e. The van der Waals surface area contributed by atoms with Crippen LogP contribution in [-0.2, 0) is 17.6 Å². The molecule has 1 unspecified atom stereocenters. The monoisotopic (exact) mass is 237 g/mol. The van der Waals surface area contributed by atoms with Crippen LogP contribution in [0.15, 0.2) is 6.07 Å². The average Bonchev–Trinajstić information content (AvgIpc) is 2.29. The summed E-state index contributed by atoms with van der Waals surface area (Å²) in [6.45, 7) is 7.81. The molecule has 1 N–H and O–H groups in total. The Morgan fingerprint density at radius 2 is 2.00 bits per heavy atom. The van der Waals surface area contributed by atoms with Crippen molar-refractivity contribution in [3.63, 3.8) is 0 Å². The van der Waals surface area contributed by atoms with E-state index in [4.69, 9.17) is 4.74 Å². The van der Waals surface area contributed by atoms with Gasteiger partial charge in [0.05, 0.1) is 6.61 Å². The lowest BCUT2D eigenvalue weighted by Crippen LogP contribution is -2.35. The van der Waals surface area contributed by atoms with E-state index in [0.717, 1.165) is 36.6 Å². The first-order valence-electron chi connectivity index (χ1n) is 6.25. The van der Waals surface area contributed by atoms with Gasteiger partial charge in [0.1, 0.15) is 5.82 Å². The van der Waals surface area contributed by atoms with Crippen molar-refractivity contribution in [1.29, 1.82) is 0 Å². The first kappa shape index (κ1) is 14.1. The van der Waals surface area contributed by atoms with Gasteiger partial charge in [0, 0.05) is 31.0 Å². The highest BCUT2D eigenvalue weighted by Crippen LogP contribution is 2.05. The van der Waals surface area contributed by atoms with Gasteiger partial charge in [0.2, 0.25) is 0 Å². The third kappa shape index (κ3) is 4.79. The Morgan fingerprint density at radius 1 is 1.29 bits per heavy atom. The molecule has 0 aliphatic rings. The van der Waals surface area contributed by atoms with Crippen molar-refractivity contribution in [3.8, 4) is 0 Å². The molecule has 1 heterocycles. The molecule has 0 spiro atoms. The van der Waals surface area contributed by atoms with Crippen LogP contribution in [0, 0.1) is 6.92 Å². The van der Waals surface area contributed by atoms with E-state index in [1.54, 1.807) is 7.11 Å². The van der Waals surface area contributed by atoms with Crippen LogP contribution in [0.3, 0.4) is 0 Å². The number of hydrogen-bond donors (Lipinski definition) is 1. The Morgan fingerprint density at radius 3 is 2.59 bits per heavy atom. The fraction of sp³-hybridized carbons (Fsp3) is 0.692. The van der Waals surface area contributed by atoms with Gasteiger partial charge >= 0.3 is 0 Å². The molecule has 17 heavy (non-hydrogen) atoms. The summed E-state index contributed by atoms with van der Waals surface area (Å²) in [5.74, 6) is 0.854. The standard InChI is InChI=1S/C13H23N3O/c1-5-11-7-12(16-10(3)15-11)8-13(9-17-4)14-6-2/h7,13-14H,5-6,8-9H2,1-4H3. The maximum absolute atomic E-state index is 5.21. The number of nitrogens with one attached hydrogen (secondary N) is 1. The number of aromatic nitrogens is 2. The third-order valence-corrected chi connectivity index (χ3v) is 2.62. The van der Waals surface area contributed by atoms with Crippen molar-refractivity contribution in [3.05, 3.63) is 23.3 Å². The van der Waals surface area contributed by atoms with Crippen molar-refractivity contribution in [2.45, 2.75) is 39.7 Å². The van der Waals surface area contributed by atoms with Gasteiger partial charge in [0.15, 0.2) is 0 Å². The molecule has 1 atom stereocenters. The molecule has 1 rings (SSSR count). The molecule has 4 heteroatoms. The summed E-state index contributed by atoms with van der Waals surface area (Å²) in [5, 5.41) is 3.40. The quantitative estimate of drug-likeness (QED) is 0.781.